The highest BCUT2D eigenvalue weighted by Gasteiger charge is 2.18. The lowest BCUT2D eigenvalue weighted by molar-refractivity contribution is 0.0762. The molecule has 0 amide bonds. The maximum absolute atomic E-state index is 12.1. The van der Waals surface area contributed by atoms with Crippen LogP contribution < -0.4 is 4.72 Å². The molecule has 1 heterocycles. The summed E-state index contributed by atoms with van der Waals surface area (Å²) >= 11 is 8.98. The minimum atomic E-state index is -3.63. The van der Waals surface area contributed by atoms with Gasteiger partial charge in [0.15, 0.2) is 0 Å². The summed E-state index contributed by atoms with van der Waals surface area (Å²) in [5, 5.41) is -0.0381. The van der Waals surface area contributed by atoms with E-state index in [-0.39, 0.29) is 16.2 Å². The highest BCUT2D eigenvalue weighted by atomic mass is 79.9. The standard InChI is InChI=1S/C12H18BrClN2O3S/c1-9(2)19-6-4-3-5-16-20(17,18)11-7-10(13)8-15-12(11)14/h7-9,16H,3-6H2,1-2H3. The van der Waals surface area contributed by atoms with Crippen LogP contribution in [0.4, 0.5) is 0 Å². The minimum Gasteiger partial charge on any atom is -0.379 e. The summed E-state index contributed by atoms with van der Waals surface area (Å²) in [6, 6.07) is 1.43. The minimum absolute atomic E-state index is 0.0213. The van der Waals surface area contributed by atoms with Crippen molar-refractivity contribution in [1.29, 1.82) is 0 Å². The van der Waals surface area contributed by atoms with Gasteiger partial charge in [-0.05, 0) is 48.7 Å². The first-order valence-corrected chi connectivity index (χ1v) is 8.90. The fraction of sp³-hybridized carbons (Fsp3) is 0.583. The lowest BCUT2D eigenvalue weighted by atomic mass is 10.3. The van der Waals surface area contributed by atoms with E-state index >= 15 is 0 Å². The van der Waals surface area contributed by atoms with Crippen molar-refractivity contribution in [1.82, 2.24) is 9.71 Å². The molecule has 1 rings (SSSR count). The largest absolute Gasteiger partial charge is 0.379 e. The van der Waals surface area contributed by atoms with E-state index in [1.807, 2.05) is 13.8 Å². The van der Waals surface area contributed by atoms with Gasteiger partial charge in [0.2, 0.25) is 10.0 Å². The zero-order valence-electron chi connectivity index (χ0n) is 11.4. The van der Waals surface area contributed by atoms with E-state index in [2.05, 4.69) is 25.6 Å². The molecule has 8 heteroatoms. The number of hydrogen-bond donors (Lipinski definition) is 1. The Morgan fingerprint density at radius 2 is 2.15 bits per heavy atom. The van der Waals surface area contributed by atoms with Crippen LogP contribution in [0.5, 0.6) is 0 Å². The monoisotopic (exact) mass is 384 g/mol. The molecule has 1 aromatic heterocycles. The second kappa shape index (κ2) is 8.29. The Morgan fingerprint density at radius 3 is 2.80 bits per heavy atom. The van der Waals surface area contributed by atoms with Gasteiger partial charge in [-0.3, -0.25) is 0 Å². The number of sulfonamides is 1. The summed E-state index contributed by atoms with van der Waals surface area (Å²) in [5.74, 6) is 0. The van der Waals surface area contributed by atoms with E-state index in [9.17, 15) is 8.42 Å². The van der Waals surface area contributed by atoms with Gasteiger partial charge in [0.05, 0.1) is 6.10 Å². The first kappa shape index (κ1) is 17.8. The third kappa shape index (κ3) is 6.05. The molecule has 114 valence electrons. The molecule has 0 aliphatic rings. The summed E-state index contributed by atoms with van der Waals surface area (Å²) in [4.78, 5) is 3.78. The van der Waals surface area contributed by atoms with Crippen molar-refractivity contribution in [2.45, 2.75) is 37.7 Å². The number of aromatic nitrogens is 1. The summed E-state index contributed by atoms with van der Waals surface area (Å²) in [6.45, 7) is 4.89. The molecule has 0 aromatic carbocycles. The lowest BCUT2D eigenvalue weighted by Gasteiger charge is -2.09. The van der Waals surface area contributed by atoms with Gasteiger partial charge in [-0.2, -0.15) is 0 Å². The van der Waals surface area contributed by atoms with Crippen molar-refractivity contribution in [3.63, 3.8) is 0 Å². The van der Waals surface area contributed by atoms with Crippen LogP contribution in [0.15, 0.2) is 21.6 Å². The third-order valence-electron chi connectivity index (χ3n) is 2.38. The fourth-order valence-electron chi connectivity index (χ4n) is 1.42. The summed E-state index contributed by atoms with van der Waals surface area (Å²) in [7, 11) is -3.63. The van der Waals surface area contributed by atoms with Crippen LogP contribution >= 0.6 is 27.5 Å². The van der Waals surface area contributed by atoms with Crippen LogP contribution in [0, 0.1) is 0 Å². The Labute approximate surface area is 133 Å². The zero-order valence-corrected chi connectivity index (χ0v) is 14.6. The molecule has 5 nitrogen and oxygen atoms in total. The van der Waals surface area contributed by atoms with Crippen molar-refractivity contribution < 1.29 is 13.2 Å². The highest BCUT2D eigenvalue weighted by Crippen LogP contribution is 2.22. The van der Waals surface area contributed by atoms with E-state index in [0.29, 0.717) is 24.0 Å². The van der Waals surface area contributed by atoms with Crippen molar-refractivity contribution in [3.8, 4) is 0 Å². The number of nitrogens with one attached hydrogen (secondary N) is 1. The Balaban J connectivity index is 2.48. The molecular formula is C12H18BrClN2O3S. The number of unbranched alkanes of at least 4 members (excludes halogenated alkanes) is 1. The molecule has 0 aliphatic heterocycles. The second-order valence-electron chi connectivity index (χ2n) is 4.47. The topological polar surface area (TPSA) is 68.3 Å². The van der Waals surface area contributed by atoms with Gasteiger partial charge >= 0.3 is 0 Å². The summed E-state index contributed by atoms with van der Waals surface area (Å²) < 4.78 is 32.6. The molecule has 0 unspecified atom stereocenters. The quantitative estimate of drug-likeness (QED) is 0.552. The first-order valence-electron chi connectivity index (χ1n) is 6.25. The van der Waals surface area contributed by atoms with Crippen molar-refractivity contribution >= 4 is 37.6 Å². The molecule has 0 radical (unpaired) electrons. The Morgan fingerprint density at radius 1 is 1.45 bits per heavy atom. The van der Waals surface area contributed by atoms with E-state index < -0.39 is 10.0 Å². The fourth-order valence-corrected chi connectivity index (χ4v) is 3.44. The zero-order chi connectivity index (χ0) is 15.2. The molecule has 0 atom stereocenters. The molecule has 0 saturated heterocycles. The normalized spacial score (nSPS) is 12.1. The van der Waals surface area contributed by atoms with Crippen molar-refractivity contribution in [3.05, 3.63) is 21.9 Å². The maximum atomic E-state index is 12.1. The number of nitrogens with zero attached hydrogens (tertiary/aromatic N) is 1. The third-order valence-corrected chi connectivity index (χ3v) is 4.70. The van der Waals surface area contributed by atoms with E-state index in [1.165, 1.54) is 12.3 Å². The SMILES string of the molecule is CC(C)OCCCCNS(=O)(=O)c1cc(Br)cnc1Cl. The Kier molecular flexibility index (Phi) is 7.39. The van der Waals surface area contributed by atoms with Gasteiger partial charge in [-0.1, -0.05) is 11.6 Å². The Bertz CT molecular complexity index is 538. The van der Waals surface area contributed by atoms with Gasteiger partial charge in [0.25, 0.3) is 0 Å². The average Bonchev–Trinajstić information content (AvgIpc) is 2.36. The number of halogens is 2. The predicted octanol–water partition coefficient (Wildman–Crippen LogP) is 2.98. The number of rotatable bonds is 8. The Hall–Kier alpha value is -0.210. The van der Waals surface area contributed by atoms with E-state index in [4.69, 9.17) is 16.3 Å². The van der Waals surface area contributed by atoms with Crippen LogP contribution in [0.1, 0.15) is 26.7 Å². The van der Waals surface area contributed by atoms with Crippen LogP contribution in [0.3, 0.4) is 0 Å². The number of pyridine rings is 1. The second-order valence-corrected chi connectivity index (χ2v) is 7.48. The number of ether oxygens (including phenoxy) is 1. The number of hydrogen-bond acceptors (Lipinski definition) is 4. The van der Waals surface area contributed by atoms with Crippen LogP contribution in [-0.4, -0.2) is 32.7 Å². The van der Waals surface area contributed by atoms with Gasteiger partial charge in [0, 0.05) is 23.8 Å². The van der Waals surface area contributed by atoms with E-state index in [0.717, 1.165) is 6.42 Å². The molecule has 0 saturated carbocycles. The molecule has 0 fully saturated rings. The van der Waals surface area contributed by atoms with Crippen LogP contribution in [0.2, 0.25) is 5.15 Å². The summed E-state index contributed by atoms with van der Waals surface area (Å²) in [6.07, 6.45) is 3.14. The summed E-state index contributed by atoms with van der Waals surface area (Å²) in [5.41, 5.74) is 0. The van der Waals surface area contributed by atoms with E-state index in [1.54, 1.807) is 0 Å². The molecule has 0 spiro atoms. The first-order chi connectivity index (χ1) is 9.33. The molecule has 1 N–H and O–H groups in total. The lowest BCUT2D eigenvalue weighted by Crippen LogP contribution is -2.25. The highest BCUT2D eigenvalue weighted by molar-refractivity contribution is 9.10. The van der Waals surface area contributed by atoms with Gasteiger partial charge in [-0.25, -0.2) is 18.1 Å². The molecular weight excluding hydrogens is 368 g/mol. The van der Waals surface area contributed by atoms with Crippen molar-refractivity contribution in [2.24, 2.45) is 0 Å². The van der Waals surface area contributed by atoms with Gasteiger partial charge in [-0.15, -0.1) is 0 Å². The molecule has 0 bridgehead atoms. The molecule has 20 heavy (non-hydrogen) atoms. The van der Waals surface area contributed by atoms with Crippen LogP contribution in [0.25, 0.3) is 0 Å². The van der Waals surface area contributed by atoms with Crippen LogP contribution in [-0.2, 0) is 14.8 Å². The van der Waals surface area contributed by atoms with Gasteiger partial charge in [0.1, 0.15) is 10.0 Å². The van der Waals surface area contributed by atoms with Crippen molar-refractivity contribution in [2.75, 3.05) is 13.2 Å². The van der Waals surface area contributed by atoms with Gasteiger partial charge < -0.3 is 4.74 Å². The molecule has 1 aromatic rings. The maximum Gasteiger partial charge on any atom is 0.243 e. The average molecular weight is 386 g/mol. The molecule has 0 aliphatic carbocycles. The smallest absolute Gasteiger partial charge is 0.243 e. The predicted molar refractivity (Wildman–Crippen MR) is 82.5 cm³/mol.